The zero-order chi connectivity index (χ0) is 17.1. The van der Waals surface area contributed by atoms with Crippen molar-refractivity contribution < 1.29 is 14.3 Å². The summed E-state index contributed by atoms with van der Waals surface area (Å²) in [6.45, 7) is 1.49. The fraction of sp³-hybridized carbons (Fsp3) is 0.529. The summed E-state index contributed by atoms with van der Waals surface area (Å²) in [4.78, 5) is 28.0. The first-order valence-electron chi connectivity index (χ1n) is 8.31. The highest BCUT2D eigenvalue weighted by Gasteiger charge is 2.33. The lowest BCUT2D eigenvalue weighted by Crippen LogP contribution is -2.47. The number of ether oxygens (including phenoxy) is 1. The first-order valence-corrected chi connectivity index (χ1v) is 8.31. The van der Waals surface area contributed by atoms with Crippen LogP contribution in [-0.2, 0) is 14.3 Å². The summed E-state index contributed by atoms with van der Waals surface area (Å²) in [5.74, 6) is -0.144. The highest BCUT2D eigenvalue weighted by Crippen LogP contribution is 2.27. The lowest BCUT2D eigenvalue weighted by molar-refractivity contribution is -0.125. The third kappa shape index (κ3) is 3.75. The summed E-state index contributed by atoms with van der Waals surface area (Å²) in [5.41, 5.74) is 7.29. The van der Waals surface area contributed by atoms with Gasteiger partial charge in [0.2, 0.25) is 5.91 Å². The zero-order valence-corrected chi connectivity index (χ0v) is 13.9. The van der Waals surface area contributed by atoms with E-state index in [4.69, 9.17) is 10.5 Å². The third-order valence-electron chi connectivity index (χ3n) is 4.57. The molecule has 1 aromatic carbocycles. The van der Waals surface area contributed by atoms with Gasteiger partial charge in [-0.3, -0.25) is 14.5 Å². The van der Waals surface area contributed by atoms with E-state index >= 15 is 0 Å². The molecule has 24 heavy (non-hydrogen) atoms. The first-order chi connectivity index (χ1) is 11.6. The molecule has 7 heteroatoms. The van der Waals surface area contributed by atoms with Gasteiger partial charge >= 0.3 is 0 Å². The number of nitrogens with zero attached hydrogens (tertiary/aromatic N) is 2. The molecule has 1 aromatic rings. The summed E-state index contributed by atoms with van der Waals surface area (Å²) in [6, 6.07) is 7.43. The monoisotopic (exact) mass is 332 g/mol. The molecule has 2 aliphatic rings. The number of morpholine rings is 1. The number of carbonyl (C=O) groups excluding carboxylic acids is 2. The van der Waals surface area contributed by atoms with Crippen LogP contribution in [0.3, 0.4) is 0 Å². The number of likely N-dealkylation sites (N-methyl/N-ethyl adjacent to an activating group) is 1. The lowest BCUT2D eigenvalue weighted by Gasteiger charge is -2.27. The van der Waals surface area contributed by atoms with Crippen LogP contribution in [0.2, 0.25) is 0 Å². The van der Waals surface area contributed by atoms with E-state index in [1.54, 1.807) is 17.0 Å². The lowest BCUT2D eigenvalue weighted by atomic mass is 10.2. The Morgan fingerprint density at radius 1 is 1.42 bits per heavy atom. The average Bonchev–Trinajstić information content (AvgIpc) is 3.42. The maximum Gasteiger partial charge on any atom is 0.253 e. The molecule has 0 unspecified atom stereocenters. The Kier molecular flexibility index (Phi) is 5.13. The van der Waals surface area contributed by atoms with Gasteiger partial charge in [-0.15, -0.1) is 0 Å². The molecule has 130 valence electrons. The van der Waals surface area contributed by atoms with Crippen LogP contribution in [0.5, 0.6) is 0 Å². The highest BCUT2D eigenvalue weighted by molar-refractivity contribution is 5.97. The Morgan fingerprint density at radius 3 is 2.71 bits per heavy atom. The molecule has 0 spiro atoms. The number of hydrogen-bond acceptors (Lipinski definition) is 5. The van der Waals surface area contributed by atoms with Crippen LogP contribution in [0.15, 0.2) is 24.3 Å². The molecule has 0 bridgehead atoms. The number of nitrogens with two attached hydrogens (primary N) is 1. The first kappa shape index (κ1) is 16.9. The predicted molar refractivity (Wildman–Crippen MR) is 91.9 cm³/mol. The summed E-state index contributed by atoms with van der Waals surface area (Å²) < 4.78 is 5.13. The molecule has 2 fully saturated rings. The zero-order valence-electron chi connectivity index (χ0n) is 13.9. The number of carbonyl (C=O) groups is 2. The van der Waals surface area contributed by atoms with Gasteiger partial charge < -0.3 is 20.7 Å². The molecular formula is C17H24N4O3. The number of rotatable bonds is 6. The summed E-state index contributed by atoms with van der Waals surface area (Å²) in [6.07, 6.45) is 2.26. The predicted octanol–water partition coefficient (Wildman–Crippen LogP) is 0.410. The average molecular weight is 332 g/mol. The van der Waals surface area contributed by atoms with Crippen molar-refractivity contribution in [2.45, 2.75) is 24.9 Å². The second kappa shape index (κ2) is 7.29. The van der Waals surface area contributed by atoms with E-state index in [1.807, 2.05) is 19.2 Å². The Hall–Kier alpha value is -1.96. The number of benzene rings is 1. The van der Waals surface area contributed by atoms with E-state index in [0.29, 0.717) is 31.4 Å². The number of anilines is 2. The molecule has 1 aliphatic carbocycles. The third-order valence-corrected chi connectivity index (χ3v) is 4.57. The second-order valence-corrected chi connectivity index (χ2v) is 6.28. The van der Waals surface area contributed by atoms with Crippen molar-refractivity contribution in [1.29, 1.82) is 0 Å². The minimum Gasteiger partial charge on any atom is -0.370 e. The molecule has 3 N–H and O–H groups in total. The van der Waals surface area contributed by atoms with E-state index in [0.717, 1.165) is 18.5 Å². The highest BCUT2D eigenvalue weighted by atomic mass is 16.5. The molecular weight excluding hydrogens is 308 g/mol. The van der Waals surface area contributed by atoms with Crippen LogP contribution >= 0.6 is 0 Å². The molecule has 1 saturated heterocycles. The number of hydrogen-bond donors (Lipinski definition) is 2. The van der Waals surface area contributed by atoms with Crippen LogP contribution in [0.4, 0.5) is 11.4 Å². The number of nitrogens with one attached hydrogen (secondary N) is 1. The van der Waals surface area contributed by atoms with Crippen molar-refractivity contribution in [3.05, 3.63) is 24.3 Å². The molecule has 2 amide bonds. The topological polar surface area (TPSA) is 87.9 Å². The van der Waals surface area contributed by atoms with Gasteiger partial charge in [-0.25, -0.2) is 0 Å². The van der Waals surface area contributed by atoms with Gasteiger partial charge in [-0.1, -0.05) is 0 Å². The summed E-state index contributed by atoms with van der Waals surface area (Å²) >= 11 is 0. The quantitative estimate of drug-likeness (QED) is 0.788. The van der Waals surface area contributed by atoms with Gasteiger partial charge in [-0.2, -0.15) is 0 Å². The van der Waals surface area contributed by atoms with Crippen molar-refractivity contribution in [3.63, 3.8) is 0 Å². The minimum absolute atomic E-state index is 0.0488. The number of amides is 2. The van der Waals surface area contributed by atoms with Gasteiger partial charge in [0, 0.05) is 30.5 Å². The van der Waals surface area contributed by atoms with Gasteiger partial charge in [0.25, 0.3) is 5.91 Å². The van der Waals surface area contributed by atoms with Crippen molar-refractivity contribution >= 4 is 23.2 Å². The Morgan fingerprint density at radius 2 is 2.12 bits per heavy atom. The van der Waals surface area contributed by atoms with E-state index in [9.17, 15) is 9.59 Å². The molecule has 1 saturated carbocycles. The minimum atomic E-state index is -0.321. The molecule has 1 heterocycles. The fourth-order valence-electron chi connectivity index (χ4n) is 2.94. The van der Waals surface area contributed by atoms with Crippen LogP contribution < -0.4 is 16.0 Å². The van der Waals surface area contributed by atoms with Crippen molar-refractivity contribution in [1.82, 2.24) is 4.90 Å². The summed E-state index contributed by atoms with van der Waals surface area (Å²) in [5, 5.41) is 2.91. The normalized spacial score (nSPS) is 19.5. The van der Waals surface area contributed by atoms with Gasteiger partial charge in [0.15, 0.2) is 0 Å². The van der Waals surface area contributed by atoms with Gasteiger partial charge in [-0.05, 0) is 44.2 Å². The largest absolute Gasteiger partial charge is 0.370 e. The standard InChI is InChI=1S/C17H24N4O3/c1-20(13-6-7-13)15(10-18)17(23)19-12-2-4-14(5-3-12)21-8-9-24-11-16(21)22/h2-5,13,15H,6-11,18H2,1H3,(H,19,23)/t15-/m0/s1. The van der Waals surface area contributed by atoms with Crippen molar-refractivity contribution in [2.75, 3.05) is 43.6 Å². The molecule has 1 atom stereocenters. The molecule has 0 radical (unpaired) electrons. The van der Waals surface area contributed by atoms with Gasteiger partial charge in [0.05, 0.1) is 6.61 Å². The van der Waals surface area contributed by atoms with Crippen LogP contribution in [0.25, 0.3) is 0 Å². The Labute approximate surface area is 141 Å². The maximum atomic E-state index is 12.4. The molecule has 7 nitrogen and oxygen atoms in total. The second-order valence-electron chi connectivity index (χ2n) is 6.28. The van der Waals surface area contributed by atoms with E-state index in [2.05, 4.69) is 10.2 Å². The SMILES string of the molecule is CN(C1CC1)[C@@H](CN)C(=O)Nc1ccc(N2CCOCC2=O)cc1. The van der Waals surface area contributed by atoms with Crippen LogP contribution in [0, 0.1) is 0 Å². The van der Waals surface area contributed by atoms with Crippen molar-refractivity contribution in [3.8, 4) is 0 Å². The van der Waals surface area contributed by atoms with Crippen molar-refractivity contribution in [2.24, 2.45) is 5.73 Å². The maximum absolute atomic E-state index is 12.4. The fourth-order valence-corrected chi connectivity index (χ4v) is 2.94. The summed E-state index contributed by atoms with van der Waals surface area (Å²) in [7, 11) is 1.95. The Balaban J connectivity index is 1.62. The van der Waals surface area contributed by atoms with Crippen LogP contribution in [-0.4, -0.2) is 62.1 Å². The van der Waals surface area contributed by atoms with E-state index < -0.39 is 0 Å². The smallest absolute Gasteiger partial charge is 0.253 e. The molecule has 3 rings (SSSR count). The van der Waals surface area contributed by atoms with Crippen LogP contribution in [0.1, 0.15) is 12.8 Å². The Bertz CT molecular complexity index is 600. The molecule has 0 aromatic heterocycles. The van der Waals surface area contributed by atoms with E-state index in [-0.39, 0.29) is 24.5 Å². The van der Waals surface area contributed by atoms with Gasteiger partial charge in [0.1, 0.15) is 12.6 Å². The molecule has 1 aliphatic heterocycles. The van der Waals surface area contributed by atoms with E-state index in [1.165, 1.54) is 0 Å².